The molecule has 1 saturated heterocycles. The summed E-state index contributed by atoms with van der Waals surface area (Å²) in [6, 6.07) is 12.8. The molecule has 4 N–H and O–H groups in total. The Balaban J connectivity index is 1.89. The average Bonchev–Trinajstić information content (AvgIpc) is 2.81. The van der Waals surface area contributed by atoms with Gasteiger partial charge < -0.3 is 26.0 Å². The van der Waals surface area contributed by atoms with Gasteiger partial charge in [0.2, 0.25) is 0 Å². The molecule has 1 unspecified atom stereocenters. The predicted molar refractivity (Wildman–Crippen MR) is 122 cm³/mol. The summed E-state index contributed by atoms with van der Waals surface area (Å²) in [6.07, 6.45) is -0.618. The first-order chi connectivity index (χ1) is 15.4. The van der Waals surface area contributed by atoms with Crippen LogP contribution in [0.25, 0.3) is 0 Å². The molecular formula is C22H26ClN5O4. The van der Waals surface area contributed by atoms with Gasteiger partial charge in [0, 0.05) is 42.5 Å². The zero-order valence-electron chi connectivity index (χ0n) is 17.7. The first-order valence-electron chi connectivity index (χ1n) is 10.2. The molecular weight excluding hydrogens is 434 g/mol. The van der Waals surface area contributed by atoms with Crippen LogP contribution in [0.5, 0.6) is 5.75 Å². The fourth-order valence-corrected chi connectivity index (χ4v) is 3.69. The molecule has 1 heterocycles. The second-order valence-corrected chi connectivity index (χ2v) is 7.61. The lowest BCUT2D eigenvalue weighted by Gasteiger charge is -2.42. The molecule has 2 aromatic rings. The van der Waals surface area contributed by atoms with Crippen molar-refractivity contribution < 1.29 is 19.1 Å². The van der Waals surface area contributed by atoms with Gasteiger partial charge in [0.1, 0.15) is 5.75 Å². The van der Waals surface area contributed by atoms with Gasteiger partial charge in [-0.25, -0.2) is 4.79 Å². The summed E-state index contributed by atoms with van der Waals surface area (Å²) in [4.78, 5) is 42.2. The number of halogens is 1. The van der Waals surface area contributed by atoms with Crippen molar-refractivity contribution in [3.05, 3.63) is 59.1 Å². The van der Waals surface area contributed by atoms with Gasteiger partial charge in [-0.15, -0.1) is 0 Å². The van der Waals surface area contributed by atoms with Crippen LogP contribution in [0, 0.1) is 0 Å². The minimum atomic E-state index is -1.13. The highest BCUT2D eigenvalue weighted by molar-refractivity contribution is 6.30. The predicted octanol–water partition coefficient (Wildman–Crippen LogP) is 2.13. The van der Waals surface area contributed by atoms with Gasteiger partial charge in [0.25, 0.3) is 11.8 Å². The summed E-state index contributed by atoms with van der Waals surface area (Å²) in [5.74, 6) is -0.336. The summed E-state index contributed by atoms with van der Waals surface area (Å²) >= 11 is 6.00. The van der Waals surface area contributed by atoms with E-state index in [0.717, 1.165) is 0 Å². The van der Waals surface area contributed by atoms with E-state index in [1.807, 2.05) is 0 Å². The van der Waals surface area contributed by atoms with Crippen molar-refractivity contribution in [1.29, 1.82) is 0 Å². The zero-order valence-corrected chi connectivity index (χ0v) is 18.5. The third-order valence-corrected chi connectivity index (χ3v) is 5.22. The summed E-state index contributed by atoms with van der Waals surface area (Å²) < 4.78 is 5.21. The monoisotopic (exact) mass is 459 g/mol. The van der Waals surface area contributed by atoms with Crippen LogP contribution in [-0.2, 0) is 4.79 Å². The Morgan fingerprint density at radius 3 is 2.59 bits per heavy atom. The van der Waals surface area contributed by atoms with E-state index in [1.54, 1.807) is 48.5 Å². The van der Waals surface area contributed by atoms with Gasteiger partial charge in [-0.05, 0) is 42.8 Å². The maximum atomic E-state index is 13.3. The van der Waals surface area contributed by atoms with Crippen molar-refractivity contribution in [2.24, 2.45) is 5.73 Å². The molecule has 32 heavy (non-hydrogen) atoms. The summed E-state index contributed by atoms with van der Waals surface area (Å²) in [5.41, 5.74) is 6.37. The molecule has 10 heteroatoms. The van der Waals surface area contributed by atoms with Crippen LogP contribution in [0.1, 0.15) is 16.8 Å². The minimum Gasteiger partial charge on any atom is -0.497 e. The molecule has 9 nitrogen and oxygen atoms in total. The lowest BCUT2D eigenvalue weighted by atomic mass is 10.1. The lowest BCUT2D eigenvalue weighted by Crippen LogP contribution is -2.64. The van der Waals surface area contributed by atoms with Crippen molar-refractivity contribution in [2.75, 3.05) is 38.6 Å². The van der Waals surface area contributed by atoms with Crippen LogP contribution >= 0.6 is 11.6 Å². The number of nitrogens with two attached hydrogens (primary N) is 1. The largest absolute Gasteiger partial charge is 0.497 e. The van der Waals surface area contributed by atoms with Gasteiger partial charge in [-0.2, -0.15) is 0 Å². The summed E-state index contributed by atoms with van der Waals surface area (Å²) in [7, 11) is 1.51. The molecule has 1 fully saturated rings. The normalized spacial score (nSPS) is 15.8. The molecule has 4 amide bonds. The highest BCUT2D eigenvalue weighted by atomic mass is 35.5. The van der Waals surface area contributed by atoms with Crippen LogP contribution < -0.4 is 21.1 Å². The van der Waals surface area contributed by atoms with E-state index >= 15 is 0 Å². The van der Waals surface area contributed by atoms with E-state index in [-0.39, 0.29) is 19.0 Å². The molecule has 1 atom stereocenters. The maximum absolute atomic E-state index is 13.3. The second kappa shape index (κ2) is 10.8. The van der Waals surface area contributed by atoms with E-state index in [1.165, 1.54) is 16.9 Å². The van der Waals surface area contributed by atoms with E-state index < -0.39 is 18.1 Å². The number of amides is 4. The molecule has 1 aliphatic rings. The fraction of sp³-hybridized carbons (Fsp3) is 0.318. The molecule has 3 rings (SSSR count). The van der Waals surface area contributed by atoms with E-state index in [9.17, 15) is 14.4 Å². The highest BCUT2D eigenvalue weighted by Gasteiger charge is 2.40. The third-order valence-electron chi connectivity index (χ3n) is 4.98. The first-order valence-corrected chi connectivity index (χ1v) is 10.6. The number of hydrogen-bond donors (Lipinski definition) is 3. The highest BCUT2D eigenvalue weighted by Crippen LogP contribution is 2.22. The average molecular weight is 460 g/mol. The number of urea groups is 1. The van der Waals surface area contributed by atoms with Gasteiger partial charge in [-0.3, -0.25) is 14.5 Å². The van der Waals surface area contributed by atoms with Crippen molar-refractivity contribution >= 4 is 35.1 Å². The van der Waals surface area contributed by atoms with Crippen LogP contribution in [0.15, 0.2) is 48.5 Å². The molecule has 0 aromatic heterocycles. The fourth-order valence-electron chi connectivity index (χ4n) is 3.50. The number of rotatable bonds is 6. The summed E-state index contributed by atoms with van der Waals surface area (Å²) in [5, 5.41) is 5.91. The molecule has 170 valence electrons. The van der Waals surface area contributed by atoms with E-state index in [4.69, 9.17) is 22.1 Å². The van der Waals surface area contributed by atoms with E-state index in [0.29, 0.717) is 41.5 Å². The number of carbonyl (C=O) groups excluding carboxylic acids is 3. The molecule has 1 aliphatic heterocycles. The number of carbonyl (C=O) groups is 3. The minimum absolute atomic E-state index is 0.222. The van der Waals surface area contributed by atoms with Crippen molar-refractivity contribution in [1.82, 2.24) is 15.1 Å². The van der Waals surface area contributed by atoms with Gasteiger partial charge in [0.15, 0.2) is 6.17 Å². The van der Waals surface area contributed by atoms with Crippen LogP contribution in [0.4, 0.5) is 10.5 Å². The molecule has 0 spiro atoms. The maximum Gasteiger partial charge on any atom is 0.323 e. The Kier molecular flexibility index (Phi) is 7.91. The van der Waals surface area contributed by atoms with Crippen molar-refractivity contribution in [2.45, 2.75) is 12.6 Å². The number of anilines is 1. The van der Waals surface area contributed by atoms with Crippen molar-refractivity contribution in [3.63, 3.8) is 0 Å². The van der Waals surface area contributed by atoms with Gasteiger partial charge in [0.05, 0.1) is 7.11 Å². The molecule has 0 saturated carbocycles. The number of methoxy groups -OCH3 is 1. The zero-order chi connectivity index (χ0) is 23.1. The Hall–Kier alpha value is -3.30. The molecule has 0 bridgehead atoms. The molecule has 2 aromatic carbocycles. The lowest BCUT2D eigenvalue weighted by molar-refractivity contribution is -0.132. The van der Waals surface area contributed by atoms with Crippen LogP contribution in [0.2, 0.25) is 5.02 Å². The number of ether oxygens (including phenoxy) is 1. The van der Waals surface area contributed by atoms with Crippen LogP contribution in [-0.4, -0.2) is 67.1 Å². The van der Waals surface area contributed by atoms with E-state index in [2.05, 4.69) is 10.6 Å². The Morgan fingerprint density at radius 2 is 1.88 bits per heavy atom. The van der Waals surface area contributed by atoms with Gasteiger partial charge in [-0.1, -0.05) is 23.7 Å². The number of nitrogens with zero attached hydrogens (tertiary/aromatic N) is 2. The number of benzene rings is 2. The SMILES string of the molecule is COc1cccc(C(=O)N2CCCN(C(=O)Nc3cccc(Cl)c3)C2C(=O)NCCN)c1. The van der Waals surface area contributed by atoms with Crippen LogP contribution in [0.3, 0.4) is 0 Å². The third kappa shape index (κ3) is 5.49. The van der Waals surface area contributed by atoms with Gasteiger partial charge >= 0.3 is 6.03 Å². The Morgan fingerprint density at radius 1 is 1.12 bits per heavy atom. The second-order valence-electron chi connectivity index (χ2n) is 7.17. The first kappa shape index (κ1) is 23.4. The Bertz CT molecular complexity index is 986. The smallest absolute Gasteiger partial charge is 0.323 e. The van der Waals surface area contributed by atoms with Crippen molar-refractivity contribution in [3.8, 4) is 5.75 Å². The summed E-state index contributed by atoms with van der Waals surface area (Å²) in [6.45, 7) is 1.07. The Labute approximate surface area is 191 Å². The molecule has 0 radical (unpaired) electrons. The molecule has 0 aliphatic carbocycles. The quantitative estimate of drug-likeness (QED) is 0.611. The number of nitrogens with one attached hydrogen (secondary N) is 2. The number of hydrogen-bond acceptors (Lipinski definition) is 5. The standard InChI is InChI=1S/C22H26ClN5O4/c1-32-18-8-2-5-15(13-18)21(30)27-11-4-12-28(20(27)19(29)25-10-9-24)22(31)26-17-7-3-6-16(23)14-17/h2-3,5-8,13-14,20H,4,9-12,24H2,1H3,(H,25,29)(H,26,31). The topological polar surface area (TPSA) is 117 Å².